The molecular weight excluding hydrogens is 328 g/mol. The van der Waals surface area contributed by atoms with Gasteiger partial charge < -0.3 is 5.32 Å². The van der Waals surface area contributed by atoms with Crippen molar-refractivity contribution in [1.82, 2.24) is 20.3 Å². The first-order valence-corrected chi connectivity index (χ1v) is 7.82. The van der Waals surface area contributed by atoms with Crippen molar-refractivity contribution in [2.45, 2.75) is 32.4 Å². The van der Waals surface area contributed by atoms with Crippen LogP contribution in [0.15, 0.2) is 47.8 Å². The van der Waals surface area contributed by atoms with Crippen LogP contribution in [0.25, 0.3) is 0 Å². The second-order valence-electron chi connectivity index (χ2n) is 5.77. The summed E-state index contributed by atoms with van der Waals surface area (Å²) in [6.45, 7) is 2.63. The van der Waals surface area contributed by atoms with Gasteiger partial charge in [0.1, 0.15) is 23.6 Å². The monoisotopic (exact) mass is 345 g/mol. The minimum atomic E-state index is -2.75. The molecule has 2 heterocycles. The van der Waals surface area contributed by atoms with Crippen LogP contribution >= 0.6 is 0 Å². The molecule has 1 amide bonds. The first-order valence-electron chi connectivity index (χ1n) is 7.82. The van der Waals surface area contributed by atoms with Crippen molar-refractivity contribution < 1.29 is 13.6 Å². The van der Waals surface area contributed by atoms with E-state index in [-0.39, 0.29) is 11.7 Å². The Bertz CT molecular complexity index is 782. The van der Waals surface area contributed by atoms with E-state index in [1.165, 1.54) is 0 Å². The van der Waals surface area contributed by atoms with Crippen LogP contribution < -0.4 is 5.32 Å². The van der Waals surface area contributed by atoms with Crippen LogP contribution in [0.1, 0.15) is 41.5 Å². The van der Waals surface area contributed by atoms with E-state index in [4.69, 9.17) is 0 Å². The molecule has 1 N–H and O–H groups in total. The topological polar surface area (TPSA) is 70.5 Å². The van der Waals surface area contributed by atoms with Gasteiger partial charge in [-0.15, -0.1) is 0 Å². The fourth-order valence-corrected chi connectivity index (χ4v) is 2.53. The molecule has 1 unspecified atom stereocenters. The summed E-state index contributed by atoms with van der Waals surface area (Å²) in [5.74, 6) is -0.0811. The van der Waals surface area contributed by atoms with E-state index in [1.54, 1.807) is 0 Å². The SMILES string of the molecule is CC1CC(NC(=O)c2cc(C(F)F)ncn2)=NN1Cc1ccccc1. The maximum absolute atomic E-state index is 12.7. The van der Waals surface area contributed by atoms with E-state index in [2.05, 4.69) is 20.4 Å². The summed E-state index contributed by atoms with van der Waals surface area (Å²) in [4.78, 5) is 19.4. The molecule has 2 aromatic rings. The highest BCUT2D eigenvalue weighted by molar-refractivity contribution is 6.05. The van der Waals surface area contributed by atoms with Gasteiger partial charge in [0.2, 0.25) is 0 Å². The number of nitrogens with one attached hydrogen (secondary N) is 1. The second kappa shape index (κ2) is 7.33. The zero-order chi connectivity index (χ0) is 17.8. The van der Waals surface area contributed by atoms with Gasteiger partial charge in [-0.3, -0.25) is 9.80 Å². The number of nitrogens with zero attached hydrogens (tertiary/aromatic N) is 4. The molecule has 1 aliphatic rings. The third-order valence-corrected chi connectivity index (χ3v) is 3.84. The molecule has 0 aliphatic carbocycles. The van der Waals surface area contributed by atoms with Crippen molar-refractivity contribution in [1.29, 1.82) is 0 Å². The average Bonchev–Trinajstić information content (AvgIpc) is 2.95. The highest BCUT2D eigenvalue weighted by Gasteiger charge is 2.25. The molecule has 1 aromatic carbocycles. The molecule has 3 rings (SSSR count). The second-order valence-corrected chi connectivity index (χ2v) is 5.77. The summed E-state index contributed by atoms with van der Waals surface area (Å²) in [5.41, 5.74) is 0.526. The van der Waals surface area contributed by atoms with Gasteiger partial charge in [0, 0.05) is 6.42 Å². The lowest BCUT2D eigenvalue weighted by molar-refractivity contribution is 0.0970. The van der Waals surface area contributed by atoms with E-state index in [9.17, 15) is 13.6 Å². The number of hydrazone groups is 1. The number of hydrogen-bond donors (Lipinski definition) is 1. The molecule has 1 aliphatic heterocycles. The third kappa shape index (κ3) is 4.14. The molecule has 8 heteroatoms. The van der Waals surface area contributed by atoms with Crippen LogP contribution in [0.5, 0.6) is 0 Å². The van der Waals surface area contributed by atoms with Crippen molar-refractivity contribution in [3.05, 3.63) is 59.7 Å². The molecule has 0 spiro atoms. The van der Waals surface area contributed by atoms with E-state index >= 15 is 0 Å². The number of alkyl halides is 2. The minimum absolute atomic E-state index is 0.109. The Morgan fingerprint density at radius 2 is 2.08 bits per heavy atom. The smallest absolute Gasteiger partial charge is 0.280 e. The number of carbonyl (C=O) groups excluding carboxylic acids is 1. The number of rotatable bonds is 4. The summed E-state index contributed by atoms with van der Waals surface area (Å²) in [5, 5.41) is 8.94. The summed E-state index contributed by atoms with van der Waals surface area (Å²) in [6, 6.07) is 11.0. The number of benzene rings is 1. The van der Waals surface area contributed by atoms with Gasteiger partial charge in [0.15, 0.2) is 0 Å². The van der Waals surface area contributed by atoms with Crippen molar-refractivity contribution in [3.63, 3.8) is 0 Å². The predicted octanol–water partition coefficient (Wildman–Crippen LogP) is 2.75. The maximum Gasteiger partial charge on any atom is 0.280 e. The number of amides is 1. The molecule has 0 radical (unpaired) electrons. The molecule has 1 aromatic heterocycles. The van der Waals surface area contributed by atoms with Crippen LogP contribution in [-0.4, -0.2) is 32.8 Å². The molecule has 1 atom stereocenters. The van der Waals surface area contributed by atoms with Gasteiger partial charge in [-0.25, -0.2) is 18.7 Å². The first-order chi connectivity index (χ1) is 12.0. The van der Waals surface area contributed by atoms with Crippen molar-refractivity contribution in [3.8, 4) is 0 Å². The zero-order valence-corrected chi connectivity index (χ0v) is 13.6. The van der Waals surface area contributed by atoms with E-state index in [0.717, 1.165) is 18.0 Å². The maximum atomic E-state index is 12.7. The number of aromatic nitrogens is 2. The number of hydrogen-bond acceptors (Lipinski definition) is 5. The lowest BCUT2D eigenvalue weighted by Crippen LogP contribution is -2.30. The minimum Gasteiger partial charge on any atom is -0.307 e. The highest BCUT2D eigenvalue weighted by Crippen LogP contribution is 2.18. The van der Waals surface area contributed by atoms with Crippen LogP contribution in [0.2, 0.25) is 0 Å². The molecule has 0 saturated heterocycles. The largest absolute Gasteiger partial charge is 0.307 e. The van der Waals surface area contributed by atoms with Gasteiger partial charge in [0.05, 0.1) is 12.6 Å². The number of carbonyl (C=O) groups is 1. The predicted molar refractivity (Wildman–Crippen MR) is 88.0 cm³/mol. The average molecular weight is 345 g/mol. The van der Waals surface area contributed by atoms with E-state index in [1.807, 2.05) is 42.3 Å². The Balaban J connectivity index is 1.67. The summed E-state index contributed by atoms with van der Waals surface area (Å²) < 4.78 is 25.3. The number of amidine groups is 1. The lowest BCUT2D eigenvalue weighted by Gasteiger charge is -2.19. The Morgan fingerprint density at radius 3 is 2.80 bits per heavy atom. The van der Waals surface area contributed by atoms with Crippen LogP contribution in [0.4, 0.5) is 8.78 Å². The lowest BCUT2D eigenvalue weighted by atomic mass is 10.2. The molecule has 25 heavy (non-hydrogen) atoms. The van der Waals surface area contributed by atoms with Crippen molar-refractivity contribution >= 4 is 11.7 Å². The van der Waals surface area contributed by atoms with Gasteiger partial charge in [0.25, 0.3) is 12.3 Å². The molecule has 0 bridgehead atoms. The van der Waals surface area contributed by atoms with Gasteiger partial charge in [-0.05, 0) is 18.6 Å². The van der Waals surface area contributed by atoms with Crippen molar-refractivity contribution in [2.75, 3.05) is 0 Å². The van der Waals surface area contributed by atoms with Crippen LogP contribution in [0, 0.1) is 0 Å². The Morgan fingerprint density at radius 1 is 1.32 bits per heavy atom. The molecule has 6 nitrogen and oxygen atoms in total. The van der Waals surface area contributed by atoms with Crippen molar-refractivity contribution in [2.24, 2.45) is 5.10 Å². The Labute approximate surface area is 143 Å². The fourth-order valence-electron chi connectivity index (χ4n) is 2.53. The fraction of sp³-hybridized carbons (Fsp3) is 0.294. The van der Waals surface area contributed by atoms with E-state index < -0.39 is 18.0 Å². The first kappa shape index (κ1) is 16.9. The summed E-state index contributed by atoms with van der Waals surface area (Å²) in [6.07, 6.45) is -1.23. The molecule has 130 valence electrons. The van der Waals surface area contributed by atoms with Crippen LogP contribution in [0.3, 0.4) is 0 Å². The standard InChI is InChI=1S/C17H17F2N5O/c1-11-7-15(23-24(11)9-12-5-3-2-4-6-12)22-17(25)14-8-13(16(18)19)20-10-21-14/h2-6,8,10-11,16H,7,9H2,1H3,(H,22,23,25). The highest BCUT2D eigenvalue weighted by atomic mass is 19.3. The van der Waals surface area contributed by atoms with Crippen LogP contribution in [-0.2, 0) is 6.54 Å². The molecule has 0 saturated carbocycles. The summed E-state index contributed by atoms with van der Waals surface area (Å²) >= 11 is 0. The number of halogens is 2. The third-order valence-electron chi connectivity index (χ3n) is 3.84. The zero-order valence-electron chi connectivity index (χ0n) is 13.6. The summed E-state index contributed by atoms with van der Waals surface area (Å²) in [7, 11) is 0. The normalized spacial score (nSPS) is 16.9. The molecular formula is C17H17F2N5O. The Hall–Kier alpha value is -2.90. The molecule has 0 fully saturated rings. The Kier molecular flexibility index (Phi) is 4.97. The van der Waals surface area contributed by atoms with E-state index in [0.29, 0.717) is 18.8 Å². The quantitative estimate of drug-likeness (QED) is 0.925. The van der Waals surface area contributed by atoms with Gasteiger partial charge in [-0.1, -0.05) is 30.3 Å². The van der Waals surface area contributed by atoms with Gasteiger partial charge in [-0.2, -0.15) is 5.10 Å². The van der Waals surface area contributed by atoms with Gasteiger partial charge >= 0.3 is 0 Å².